The van der Waals surface area contributed by atoms with Gasteiger partial charge >= 0.3 is 0 Å². The molecule has 0 aliphatic heterocycles. The van der Waals surface area contributed by atoms with Gasteiger partial charge in [-0.25, -0.2) is 0 Å². The van der Waals surface area contributed by atoms with E-state index in [0.29, 0.717) is 17.2 Å². The van der Waals surface area contributed by atoms with Gasteiger partial charge in [0.05, 0.1) is 19.9 Å². The van der Waals surface area contributed by atoms with Gasteiger partial charge in [-0.1, -0.05) is 5.16 Å². The lowest BCUT2D eigenvalue weighted by atomic mass is 10.1. The van der Waals surface area contributed by atoms with Gasteiger partial charge in [0.25, 0.3) is 0 Å². The molecule has 14 heavy (non-hydrogen) atoms. The number of rotatable bonds is 3. The van der Waals surface area contributed by atoms with Crippen LogP contribution in [-0.2, 0) is 0 Å². The van der Waals surface area contributed by atoms with Crippen molar-refractivity contribution < 1.29 is 14.7 Å². The quantitative estimate of drug-likeness (QED) is 0.455. The maximum absolute atomic E-state index is 8.62. The minimum atomic E-state index is 0.516. The molecule has 4 heteroatoms. The molecule has 0 aromatic heterocycles. The first kappa shape index (κ1) is 10.4. The molecule has 0 unspecified atom stereocenters. The number of methoxy groups -OCH3 is 2. The average Bonchev–Trinajstić information content (AvgIpc) is 2.27. The summed E-state index contributed by atoms with van der Waals surface area (Å²) < 4.78 is 10.2. The Morgan fingerprint density at radius 2 is 1.64 bits per heavy atom. The molecular weight excluding hydrogens is 182 g/mol. The van der Waals surface area contributed by atoms with E-state index in [0.717, 1.165) is 5.56 Å². The fourth-order valence-electron chi connectivity index (χ4n) is 1.07. The third-order valence-electron chi connectivity index (χ3n) is 1.92. The zero-order valence-electron chi connectivity index (χ0n) is 8.44. The zero-order chi connectivity index (χ0) is 10.6. The van der Waals surface area contributed by atoms with Crippen molar-refractivity contribution in [1.82, 2.24) is 0 Å². The second-order valence-electron chi connectivity index (χ2n) is 2.79. The summed E-state index contributed by atoms with van der Waals surface area (Å²) in [4.78, 5) is 0. The van der Waals surface area contributed by atoms with Crippen LogP contribution in [0.25, 0.3) is 0 Å². The highest BCUT2D eigenvalue weighted by molar-refractivity contribution is 5.98. The van der Waals surface area contributed by atoms with Gasteiger partial charge in [-0.2, -0.15) is 0 Å². The topological polar surface area (TPSA) is 51.0 Å². The Balaban J connectivity index is 3.17. The summed E-state index contributed by atoms with van der Waals surface area (Å²) in [5.74, 6) is 1.34. The summed E-state index contributed by atoms with van der Waals surface area (Å²) >= 11 is 0. The molecule has 0 aliphatic carbocycles. The van der Waals surface area contributed by atoms with Crippen LogP contribution in [0.2, 0.25) is 0 Å². The monoisotopic (exact) mass is 195 g/mol. The van der Waals surface area contributed by atoms with Gasteiger partial charge in [0, 0.05) is 11.6 Å². The maximum atomic E-state index is 8.62. The molecule has 0 radical (unpaired) electrons. The normalized spacial score (nSPS) is 11.2. The van der Waals surface area contributed by atoms with E-state index in [2.05, 4.69) is 5.16 Å². The standard InChI is InChI=1S/C10H13NO3/c1-7(11-12)8-4-9(13-2)6-10(5-8)14-3/h4-6,12H,1-3H3. The van der Waals surface area contributed by atoms with Crippen LogP contribution in [-0.4, -0.2) is 25.1 Å². The summed E-state index contributed by atoms with van der Waals surface area (Å²) in [6.45, 7) is 1.70. The smallest absolute Gasteiger partial charge is 0.123 e. The molecule has 0 fully saturated rings. The van der Waals surface area contributed by atoms with Crippen molar-refractivity contribution in [2.45, 2.75) is 6.92 Å². The predicted molar refractivity (Wildman–Crippen MR) is 53.5 cm³/mol. The highest BCUT2D eigenvalue weighted by atomic mass is 16.5. The fraction of sp³-hybridized carbons (Fsp3) is 0.300. The van der Waals surface area contributed by atoms with Crippen LogP contribution in [0.1, 0.15) is 12.5 Å². The SMILES string of the molecule is COc1cc(OC)cc(C(C)=NO)c1. The van der Waals surface area contributed by atoms with E-state index in [9.17, 15) is 0 Å². The number of oxime groups is 1. The van der Waals surface area contributed by atoms with Crippen LogP contribution in [0, 0.1) is 0 Å². The maximum Gasteiger partial charge on any atom is 0.123 e. The van der Waals surface area contributed by atoms with Crippen molar-refractivity contribution in [2.24, 2.45) is 5.16 Å². The van der Waals surface area contributed by atoms with Crippen molar-refractivity contribution in [3.8, 4) is 11.5 Å². The van der Waals surface area contributed by atoms with Crippen LogP contribution in [0.5, 0.6) is 11.5 Å². The first-order chi connectivity index (χ1) is 6.71. The van der Waals surface area contributed by atoms with Crippen LogP contribution in [0.4, 0.5) is 0 Å². The molecule has 0 saturated heterocycles. The Kier molecular flexibility index (Phi) is 3.34. The second-order valence-corrected chi connectivity index (χ2v) is 2.79. The summed E-state index contributed by atoms with van der Waals surface area (Å²) in [6, 6.07) is 5.31. The summed E-state index contributed by atoms with van der Waals surface area (Å²) in [5, 5.41) is 11.7. The summed E-state index contributed by atoms with van der Waals surface area (Å²) in [7, 11) is 3.15. The van der Waals surface area contributed by atoms with E-state index in [1.165, 1.54) is 0 Å². The number of hydrogen-bond donors (Lipinski definition) is 1. The predicted octanol–water partition coefficient (Wildman–Crippen LogP) is 1.90. The highest BCUT2D eigenvalue weighted by Crippen LogP contribution is 2.22. The minimum absolute atomic E-state index is 0.516. The number of nitrogens with zero attached hydrogens (tertiary/aromatic N) is 1. The molecule has 4 nitrogen and oxygen atoms in total. The first-order valence-electron chi connectivity index (χ1n) is 4.13. The molecule has 76 valence electrons. The third-order valence-corrected chi connectivity index (χ3v) is 1.92. The molecule has 0 amide bonds. The number of ether oxygens (including phenoxy) is 2. The van der Waals surface area contributed by atoms with Gasteiger partial charge in [-0.3, -0.25) is 0 Å². The van der Waals surface area contributed by atoms with Gasteiger partial charge in [0.15, 0.2) is 0 Å². The Hall–Kier alpha value is -1.71. The summed E-state index contributed by atoms with van der Waals surface area (Å²) in [5.41, 5.74) is 1.28. The molecule has 0 bridgehead atoms. The lowest BCUT2D eigenvalue weighted by molar-refractivity contribution is 0.319. The van der Waals surface area contributed by atoms with E-state index in [-0.39, 0.29) is 0 Å². The molecule has 1 N–H and O–H groups in total. The Labute approximate surface area is 82.8 Å². The average molecular weight is 195 g/mol. The Morgan fingerprint density at radius 3 is 2.00 bits per heavy atom. The van der Waals surface area contributed by atoms with Crippen molar-refractivity contribution in [2.75, 3.05) is 14.2 Å². The fourth-order valence-corrected chi connectivity index (χ4v) is 1.07. The van der Waals surface area contributed by atoms with Gasteiger partial charge in [-0.05, 0) is 19.1 Å². The van der Waals surface area contributed by atoms with Gasteiger partial charge in [-0.15, -0.1) is 0 Å². The van der Waals surface area contributed by atoms with Crippen LogP contribution >= 0.6 is 0 Å². The molecule has 0 atom stereocenters. The Morgan fingerprint density at radius 1 is 1.14 bits per heavy atom. The molecular formula is C10H13NO3. The van der Waals surface area contributed by atoms with Crippen LogP contribution < -0.4 is 9.47 Å². The lowest BCUT2D eigenvalue weighted by Crippen LogP contribution is -1.97. The van der Waals surface area contributed by atoms with Crippen molar-refractivity contribution in [1.29, 1.82) is 0 Å². The molecule has 1 aromatic carbocycles. The van der Waals surface area contributed by atoms with Crippen molar-refractivity contribution in [3.05, 3.63) is 23.8 Å². The van der Waals surface area contributed by atoms with Gasteiger partial charge in [0.2, 0.25) is 0 Å². The summed E-state index contributed by atoms with van der Waals surface area (Å²) in [6.07, 6.45) is 0. The largest absolute Gasteiger partial charge is 0.497 e. The molecule has 0 spiro atoms. The molecule has 0 saturated carbocycles. The molecule has 0 aliphatic rings. The molecule has 0 heterocycles. The van der Waals surface area contributed by atoms with E-state index >= 15 is 0 Å². The van der Waals surface area contributed by atoms with E-state index in [1.54, 1.807) is 39.3 Å². The minimum Gasteiger partial charge on any atom is -0.497 e. The second kappa shape index (κ2) is 4.50. The van der Waals surface area contributed by atoms with E-state index < -0.39 is 0 Å². The van der Waals surface area contributed by atoms with E-state index in [4.69, 9.17) is 14.7 Å². The third kappa shape index (κ3) is 2.16. The van der Waals surface area contributed by atoms with Crippen molar-refractivity contribution in [3.63, 3.8) is 0 Å². The van der Waals surface area contributed by atoms with Crippen molar-refractivity contribution >= 4 is 5.71 Å². The lowest BCUT2D eigenvalue weighted by Gasteiger charge is -2.07. The molecule has 1 aromatic rings. The van der Waals surface area contributed by atoms with Crippen LogP contribution in [0.15, 0.2) is 23.4 Å². The highest BCUT2D eigenvalue weighted by Gasteiger charge is 2.04. The van der Waals surface area contributed by atoms with Crippen LogP contribution in [0.3, 0.4) is 0 Å². The Bertz CT molecular complexity index is 325. The number of hydrogen-bond acceptors (Lipinski definition) is 4. The van der Waals surface area contributed by atoms with E-state index in [1.807, 2.05) is 0 Å². The zero-order valence-corrected chi connectivity index (χ0v) is 8.44. The van der Waals surface area contributed by atoms with Gasteiger partial charge < -0.3 is 14.7 Å². The molecule has 1 rings (SSSR count). The first-order valence-corrected chi connectivity index (χ1v) is 4.13. The van der Waals surface area contributed by atoms with Gasteiger partial charge in [0.1, 0.15) is 11.5 Å². The number of benzene rings is 1.